The Bertz CT molecular complexity index is 1130. The molecule has 0 saturated heterocycles. The summed E-state index contributed by atoms with van der Waals surface area (Å²) in [5, 5.41) is 3.52. The number of carbonyl (C=O) groups excluding carboxylic acids is 1. The third kappa shape index (κ3) is 2.72. The number of hydrogen-bond acceptors (Lipinski definition) is 3. The molecule has 0 saturated carbocycles. The van der Waals surface area contributed by atoms with Crippen LogP contribution in [-0.4, -0.2) is 24.8 Å². The maximum Gasteiger partial charge on any atom is 0.270 e. The van der Waals surface area contributed by atoms with Crippen molar-refractivity contribution in [2.45, 2.75) is 26.9 Å². The van der Waals surface area contributed by atoms with Gasteiger partial charge in [0.15, 0.2) is 0 Å². The molecule has 0 radical (unpaired) electrons. The van der Waals surface area contributed by atoms with E-state index in [1.54, 1.807) is 22.7 Å². The minimum atomic E-state index is -0.202. The highest BCUT2D eigenvalue weighted by Crippen LogP contribution is 2.18. The first kappa shape index (κ1) is 16.6. The lowest BCUT2D eigenvalue weighted by molar-refractivity contribution is 0.0943. The molecule has 6 nitrogen and oxygen atoms in total. The van der Waals surface area contributed by atoms with Gasteiger partial charge in [0.2, 0.25) is 0 Å². The van der Waals surface area contributed by atoms with Crippen LogP contribution in [0.1, 0.15) is 28.9 Å². The zero-order valence-corrected chi connectivity index (χ0v) is 15.3. The predicted octanol–water partition coefficient (Wildman–Crippen LogP) is 3.60. The van der Waals surface area contributed by atoms with Gasteiger partial charge in [0.25, 0.3) is 5.91 Å². The molecule has 1 N–H and O–H groups in total. The second-order valence-electron chi connectivity index (χ2n) is 6.07. The van der Waals surface area contributed by atoms with Gasteiger partial charge in [-0.3, -0.25) is 9.20 Å². The normalized spacial score (nSPS) is 11.3. The summed E-state index contributed by atoms with van der Waals surface area (Å²) >= 11 is 6.07. The van der Waals surface area contributed by atoms with E-state index in [1.165, 1.54) is 0 Å². The van der Waals surface area contributed by atoms with Crippen LogP contribution in [0.5, 0.6) is 0 Å². The van der Waals surface area contributed by atoms with Crippen molar-refractivity contribution >= 4 is 34.2 Å². The van der Waals surface area contributed by atoms with E-state index < -0.39 is 0 Å². The highest BCUT2D eigenvalue weighted by Gasteiger charge is 2.18. The van der Waals surface area contributed by atoms with Gasteiger partial charge in [-0.1, -0.05) is 23.7 Å². The SMILES string of the molecule is CCn1c(CNC(=O)c2c(C)nc3ccc(Cl)cn23)nc2ccccc21. The molecule has 1 aromatic carbocycles. The Balaban J connectivity index is 1.64. The van der Waals surface area contributed by atoms with Crippen LogP contribution in [0, 0.1) is 6.92 Å². The fraction of sp³-hybridized carbons (Fsp3) is 0.211. The molecule has 0 unspecified atom stereocenters. The highest BCUT2D eigenvalue weighted by molar-refractivity contribution is 6.30. The lowest BCUT2D eigenvalue weighted by Gasteiger charge is -2.08. The minimum Gasteiger partial charge on any atom is -0.343 e. The van der Waals surface area contributed by atoms with Crippen LogP contribution in [0.25, 0.3) is 16.7 Å². The van der Waals surface area contributed by atoms with Gasteiger partial charge in [-0.15, -0.1) is 0 Å². The van der Waals surface area contributed by atoms with Crippen LogP contribution in [0.4, 0.5) is 0 Å². The van der Waals surface area contributed by atoms with Gasteiger partial charge in [-0.05, 0) is 38.1 Å². The van der Waals surface area contributed by atoms with E-state index in [1.807, 2.05) is 31.2 Å². The number of carbonyl (C=O) groups is 1. The Morgan fingerprint density at radius 1 is 1.19 bits per heavy atom. The molecule has 0 spiro atoms. The largest absolute Gasteiger partial charge is 0.343 e. The van der Waals surface area contributed by atoms with Crippen molar-refractivity contribution in [1.82, 2.24) is 24.3 Å². The number of imidazole rings is 2. The summed E-state index contributed by atoms with van der Waals surface area (Å²) < 4.78 is 3.82. The van der Waals surface area contributed by atoms with Crippen LogP contribution in [0.3, 0.4) is 0 Å². The van der Waals surface area contributed by atoms with E-state index in [2.05, 4.69) is 26.8 Å². The summed E-state index contributed by atoms with van der Waals surface area (Å²) in [6.45, 7) is 5.01. The monoisotopic (exact) mass is 367 g/mol. The second-order valence-corrected chi connectivity index (χ2v) is 6.50. The quantitative estimate of drug-likeness (QED) is 0.599. The number of amides is 1. The zero-order valence-electron chi connectivity index (χ0n) is 14.5. The topological polar surface area (TPSA) is 64.2 Å². The maximum atomic E-state index is 12.8. The van der Waals surface area contributed by atoms with Gasteiger partial charge in [-0.2, -0.15) is 0 Å². The Hall–Kier alpha value is -2.86. The summed E-state index contributed by atoms with van der Waals surface area (Å²) in [7, 11) is 0. The van der Waals surface area contributed by atoms with Gasteiger partial charge < -0.3 is 9.88 Å². The maximum absolute atomic E-state index is 12.8. The first-order chi connectivity index (χ1) is 12.6. The number of aromatic nitrogens is 4. The smallest absolute Gasteiger partial charge is 0.270 e. The van der Waals surface area contributed by atoms with E-state index >= 15 is 0 Å². The van der Waals surface area contributed by atoms with Crippen LogP contribution in [0.15, 0.2) is 42.6 Å². The number of hydrogen-bond donors (Lipinski definition) is 1. The van der Waals surface area contributed by atoms with E-state index in [-0.39, 0.29) is 5.91 Å². The van der Waals surface area contributed by atoms with Gasteiger partial charge in [0.1, 0.15) is 17.2 Å². The molecule has 4 aromatic rings. The van der Waals surface area contributed by atoms with Crippen molar-refractivity contribution in [2.24, 2.45) is 0 Å². The third-order valence-electron chi connectivity index (χ3n) is 4.43. The van der Waals surface area contributed by atoms with Crippen molar-refractivity contribution in [1.29, 1.82) is 0 Å². The van der Waals surface area contributed by atoms with E-state index in [0.717, 1.165) is 23.4 Å². The van der Waals surface area contributed by atoms with E-state index in [9.17, 15) is 4.79 Å². The standard InChI is InChI=1S/C19H18ClN5O/c1-3-24-15-7-5-4-6-14(15)23-17(24)10-21-19(26)18-12(2)22-16-9-8-13(20)11-25(16)18/h4-9,11H,3,10H2,1-2H3,(H,21,26). The zero-order chi connectivity index (χ0) is 18.3. The molecule has 4 rings (SSSR count). The van der Waals surface area contributed by atoms with Gasteiger partial charge >= 0.3 is 0 Å². The molecule has 3 aromatic heterocycles. The van der Waals surface area contributed by atoms with Crippen LogP contribution < -0.4 is 5.32 Å². The number of nitrogens with zero attached hydrogens (tertiary/aromatic N) is 4. The lowest BCUT2D eigenvalue weighted by Crippen LogP contribution is -2.26. The molecule has 0 bridgehead atoms. The van der Waals surface area contributed by atoms with Crippen molar-refractivity contribution < 1.29 is 4.79 Å². The lowest BCUT2D eigenvalue weighted by atomic mass is 10.3. The number of fused-ring (bicyclic) bond motifs is 2. The summed E-state index contributed by atoms with van der Waals surface area (Å²) in [5.74, 6) is 0.624. The summed E-state index contributed by atoms with van der Waals surface area (Å²) in [4.78, 5) is 21.8. The fourth-order valence-corrected chi connectivity index (χ4v) is 3.43. The van der Waals surface area contributed by atoms with Crippen molar-refractivity contribution in [3.63, 3.8) is 0 Å². The number of benzene rings is 1. The van der Waals surface area contributed by atoms with Gasteiger partial charge in [0, 0.05) is 12.7 Å². The summed E-state index contributed by atoms with van der Waals surface area (Å²) in [5.41, 5.74) is 3.83. The first-order valence-corrected chi connectivity index (χ1v) is 8.83. The van der Waals surface area contributed by atoms with Crippen molar-refractivity contribution in [3.8, 4) is 0 Å². The molecule has 0 atom stereocenters. The Kier molecular flexibility index (Phi) is 4.12. The average molecular weight is 368 g/mol. The van der Waals surface area contributed by atoms with Crippen LogP contribution in [0.2, 0.25) is 5.02 Å². The van der Waals surface area contributed by atoms with E-state index in [0.29, 0.717) is 28.6 Å². The third-order valence-corrected chi connectivity index (χ3v) is 4.65. The molecule has 132 valence electrons. The Morgan fingerprint density at radius 2 is 2.00 bits per heavy atom. The number of halogens is 1. The molecule has 26 heavy (non-hydrogen) atoms. The predicted molar refractivity (Wildman–Crippen MR) is 102 cm³/mol. The molecule has 0 aliphatic carbocycles. The fourth-order valence-electron chi connectivity index (χ4n) is 3.27. The summed E-state index contributed by atoms with van der Waals surface area (Å²) in [6.07, 6.45) is 1.70. The molecule has 0 aliphatic rings. The second kappa shape index (κ2) is 6.46. The summed E-state index contributed by atoms with van der Waals surface area (Å²) in [6, 6.07) is 11.5. The number of pyridine rings is 1. The molecule has 7 heteroatoms. The molecule has 3 heterocycles. The Labute approximate surface area is 155 Å². The molecule has 1 amide bonds. The van der Waals surface area contributed by atoms with Crippen LogP contribution >= 0.6 is 11.6 Å². The number of aryl methyl sites for hydroxylation is 2. The molecule has 0 aliphatic heterocycles. The van der Waals surface area contributed by atoms with Gasteiger partial charge in [0.05, 0.1) is 28.3 Å². The molecular weight excluding hydrogens is 350 g/mol. The number of para-hydroxylation sites is 2. The van der Waals surface area contributed by atoms with E-state index in [4.69, 9.17) is 11.6 Å². The molecule has 0 fully saturated rings. The minimum absolute atomic E-state index is 0.202. The van der Waals surface area contributed by atoms with Crippen molar-refractivity contribution in [3.05, 3.63) is 64.8 Å². The van der Waals surface area contributed by atoms with Crippen LogP contribution in [-0.2, 0) is 13.1 Å². The van der Waals surface area contributed by atoms with Crippen molar-refractivity contribution in [2.75, 3.05) is 0 Å². The highest BCUT2D eigenvalue weighted by atomic mass is 35.5. The van der Waals surface area contributed by atoms with Gasteiger partial charge in [-0.25, -0.2) is 9.97 Å². The molecular formula is C19H18ClN5O. The average Bonchev–Trinajstić information content (AvgIpc) is 3.15. The number of rotatable bonds is 4. The first-order valence-electron chi connectivity index (χ1n) is 8.45. The Morgan fingerprint density at radius 3 is 2.81 bits per heavy atom. The number of nitrogens with one attached hydrogen (secondary N) is 1.